The van der Waals surface area contributed by atoms with Gasteiger partial charge in [-0.25, -0.2) is 20.3 Å². The first-order chi connectivity index (χ1) is 12.9. The number of nitrogens with two attached hydrogens (primary N) is 1. The highest BCUT2D eigenvalue weighted by atomic mass is 19.1. The zero-order valence-corrected chi connectivity index (χ0v) is 14.8. The van der Waals surface area contributed by atoms with Gasteiger partial charge in [-0.15, -0.1) is 0 Å². The van der Waals surface area contributed by atoms with Crippen LogP contribution in [0.4, 0.5) is 8.78 Å². The van der Waals surface area contributed by atoms with Crippen LogP contribution < -0.4 is 5.73 Å². The summed E-state index contributed by atoms with van der Waals surface area (Å²) in [4.78, 5) is 22.6. The normalized spacial score (nSPS) is 18.7. The molecule has 4 rings (SSSR count). The summed E-state index contributed by atoms with van der Waals surface area (Å²) in [5.74, 6) is -1.26. The zero-order chi connectivity index (χ0) is 19.5. The Morgan fingerprint density at radius 3 is 1.85 bits per heavy atom. The molecule has 140 valence electrons. The van der Waals surface area contributed by atoms with E-state index < -0.39 is 22.7 Å². The molecule has 0 unspecified atom stereocenters. The van der Waals surface area contributed by atoms with Gasteiger partial charge in [0.15, 0.2) is 11.5 Å². The minimum atomic E-state index is -0.842. The van der Waals surface area contributed by atoms with E-state index in [9.17, 15) is 13.6 Å². The van der Waals surface area contributed by atoms with Crippen LogP contribution in [0.1, 0.15) is 49.9 Å². The van der Waals surface area contributed by atoms with Crippen molar-refractivity contribution in [1.29, 1.82) is 0 Å². The predicted molar refractivity (Wildman–Crippen MR) is 95.2 cm³/mol. The third kappa shape index (κ3) is 3.27. The molecule has 2 fully saturated rings. The first-order valence-corrected chi connectivity index (χ1v) is 8.86. The Morgan fingerprint density at radius 2 is 1.52 bits per heavy atom. The third-order valence-corrected chi connectivity index (χ3v) is 5.48. The second-order valence-electron chi connectivity index (χ2n) is 6.96. The molecule has 27 heavy (non-hydrogen) atoms. The van der Waals surface area contributed by atoms with Crippen LogP contribution in [0.2, 0.25) is 0 Å². The Kier molecular flexibility index (Phi) is 5.17. The van der Waals surface area contributed by atoms with Gasteiger partial charge in [0.2, 0.25) is 5.91 Å². The number of rotatable bonds is 3. The summed E-state index contributed by atoms with van der Waals surface area (Å²) in [6, 6.07) is 5.74. The third-order valence-electron chi connectivity index (χ3n) is 5.48. The topological polar surface area (TPSA) is 73.2 Å². The summed E-state index contributed by atoms with van der Waals surface area (Å²) in [7, 11) is 0. The first-order valence-electron chi connectivity index (χ1n) is 8.86. The average Bonchev–Trinajstić information content (AvgIpc) is 2.57. The number of pyridine rings is 2. The SMILES string of the molecule is NC(=O)C1(c2ncccc2F)CCC1.[C-]#[N+]C1(c2ncccc2F)CCC1. The largest absolute Gasteiger partial charge is 0.369 e. The maximum Gasteiger partial charge on any atom is 0.276 e. The van der Waals surface area contributed by atoms with Gasteiger partial charge in [0, 0.05) is 25.2 Å². The van der Waals surface area contributed by atoms with Crippen molar-refractivity contribution < 1.29 is 13.6 Å². The summed E-state index contributed by atoms with van der Waals surface area (Å²) < 4.78 is 26.7. The molecule has 0 aliphatic heterocycles. The number of hydrogen-bond acceptors (Lipinski definition) is 3. The molecule has 0 radical (unpaired) electrons. The number of nitrogens with zero attached hydrogens (tertiary/aromatic N) is 3. The van der Waals surface area contributed by atoms with Crippen molar-refractivity contribution in [3.8, 4) is 0 Å². The van der Waals surface area contributed by atoms with Crippen molar-refractivity contribution in [3.05, 3.63) is 71.1 Å². The summed E-state index contributed by atoms with van der Waals surface area (Å²) in [5, 5.41) is 0. The molecular formula is C20H20F2N4O. The Balaban J connectivity index is 0.000000156. The number of carbonyl (C=O) groups excluding carboxylic acids is 1. The van der Waals surface area contributed by atoms with E-state index in [1.54, 1.807) is 12.3 Å². The molecule has 2 aromatic rings. The van der Waals surface area contributed by atoms with E-state index in [-0.39, 0.29) is 11.5 Å². The lowest BCUT2D eigenvalue weighted by Crippen LogP contribution is -2.47. The number of primary amides is 1. The fourth-order valence-corrected chi connectivity index (χ4v) is 3.51. The summed E-state index contributed by atoms with van der Waals surface area (Å²) in [5.41, 5.74) is 4.34. The fourth-order valence-electron chi connectivity index (χ4n) is 3.51. The quantitative estimate of drug-likeness (QED) is 0.838. The molecule has 1 amide bonds. The summed E-state index contributed by atoms with van der Waals surface area (Å²) in [6.07, 6.45) is 7.63. The Bertz CT molecular complexity index is 886. The smallest absolute Gasteiger partial charge is 0.276 e. The van der Waals surface area contributed by atoms with Gasteiger partial charge in [0.25, 0.3) is 5.54 Å². The van der Waals surface area contributed by atoms with Gasteiger partial charge in [0.1, 0.15) is 5.82 Å². The van der Waals surface area contributed by atoms with E-state index >= 15 is 0 Å². The van der Waals surface area contributed by atoms with Gasteiger partial charge in [-0.3, -0.25) is 9.78 Å². The van der Waals surface area contributed by atoms with Gasteiger partial charge in [-0.1, -0.05) is 6.42 Å². The van der Waals surface area contributed by atoms with Crippen molar-refractivity contribution in [2.45, 2.75) is 49.5 Å². The van der Waals surface area contributed by atoms with Gasteiger partial charge in [0.05, 0.1) is 11.1 Å². The van der Waals surface area contributed by atoms with Crippen molar-refractivity contribution in [3.63, 3.8) is 0 Å². The molecule has 2 heterocycles. The molecule has 7 heteroatoms. The average molecular weight is 370 g/mol. The standard InChI is InChI=1S/C10H11FN2O.C10H9FN2/c11-7-3-1-6-13-8(7)10(9(12)14)4-2-5-10;1-12-10(5-3-6-10)9-8(11)4-2-7-13-9/h1,3,6H,2,4-5H2,(H2,12,14);2,4,7H,3,5-6H2. The van der Waals surface area contributed by atoms with E-state index in [2.05, 4.69) is 14.8 Å². The van der Waals surface area contributed by atoms with Crippen LogP contribution in [-0.4, -0.2) is 15.9 Å². The minimum absolute atomic E-state index is 0.207. The number of aromatic nitrogens is 2. The molecular weight excluding hydrogens is 350 g/mol. The zero-order valence-electron chi connectivity index (χ0n) is 14.8. The van der Waals surface area contributed by atoms with E-state index in [0.717, 1.165) is 25.7 Å². The lowest BCUT2D eigenvalue weighted by atomic mass is 9.65. The maximum absolute atomic E-state index is 13.4. The number of hydrogen-bond donors (Lipinski definition) is 1. The van der Waals surface area contributed by atoms with Crippen molar-refractivity contribution in [1.82, 2.24) is 9.97 Å². The number of carbonyl (C=O) groups is 1. The highest BCUT2D eigenvalue weighted by Crippen LogP contribution is 2.45. The Morgan fingerprint density at radius 1 is 1.00 bits per heavy atom. The number of amides is 1. The van der Waals surface area contributed by atoms with Gasteiger partial charge in [-0.05, 0) is 43.5 Å². The van der Waals surface area contributed by atoms with E-state index in [4.69, 9.17) is 12.3 Å². The molecule has 0 spiro atoms. The molecule has 2 aliphatic carbocycles. The van der Waals surface area contributed by atoms with Crippen molar-refractivity contribution >= 4 is 5.91 Å². The van der Waals surface area contributed by atoms with Crippen LogP contribution in [0.15, 0.2) is 36.7 Å². The van der Waals surface area contributed by atoms with Crippen molar-refractivity contribution in [2.24, 2.45) is 5.73 Å². The molecule has 2 aliphatic rings. The van der Waals surface area contributed by atoms with E-state index in [1.165, 1.54) is 24.4 Å². The first kappa shape index (κ1) is 18.9. The summed E-state index contributed by atoms with van der Waals surface area (Å²) in [6.45, 7) is 7.06. The molecule has 5 nitrogen and oxygen atoms in total. The van der Waals surface area contributed by atoms with E-state index in [1.807, 2.05) is 0 Å². The molecule has 2 N–H and O–H groups in total. The Labute approximate surface area is 156 Å². The molecule has 0 bridgehead atoms. The molecule has 0 aromatic carbocycles. The van der Waals surface area contributed by atoms with E-state index in [0.29, 0.717) is 18.5 Å². The number of halogens is 2. The molecule has 2 aromatic heterocycles. The monoisotopic (exact) mass is 370 g/mol. The van der Waals surface area contributed by atoms with Gasteiger partial charge < -0.3 is 10.6 Å². The lowest BCUT2D eigenvalue weighted by Gasteiger charge is -2.38. The Hall–Kier alpha value is -2.88. The van der Waals surface area contributed by atoms with Gasteiger partial charge >= 0.3 is 0 Å². The van der Waals surface area contributed by atoms with Gasteiger partial charge in [-0.2, -0.15) is 0 Å². The highest BCUT2D eigenvalue weighted by molar-refractivity contribution is 5.87. The molecule has 2 saturated carbocycles. The van der Waals surface area contributed by atoms with Crippen LogP contribution in [0.5, 0.6) is 0 Å². The molecule has 0 saturated heterocycles. The molecule has 0 atom stereocenters. The van der Waals surface area contributed by atoms with Crippen LogP contribution >= 0.6 is 0 Å². The highest BCUT2D eigenvalue weighted by Gasteiger charge is 2.49. The lowest BCUT2D eigenvalue weighted by molar-refractivity contribution is -0.126. The fraction of sp³-hybridized carbons (Fsp3) is 0.400. The maximum atomic E-state index is 13.4. The van der Waals surface area contributed by atoms with Crippen molar-refractivity contribution in [2.75, 3.05) is 0 Å². The minimum Gasteiger partial charge on any atom is -0.369 e. The second-order valence-corrected chi connectivity index (χ2v) is 6.96. The van der Waals surface area contributed by atoms with Crippen LogP contribution in [0.25, 0.3) is 4.85 Å². The van der Waals surface area contributed by atoms with Crippen LogP contribution in [0, 0.1) is 18.2 Å². The van der Waals surface area contributed by atoms with Crippen LogP contribution in [0.3, 0.4) is 0 Å². The van der Waals surface area contributed by atoms with Crippen LogP contribution in [-0.2, 0) is 15.7 Å². The second kappa shape index (κ2) is 7.39. The summed E-state index contributed by atoms with van der Waals surface area (Å²) >= 11 is 0. The predicted octanol–water partition coefficient (Wildman–Crippen LogP) is 3.65.